The van der Waals surface area contributed by atoms with Crippen LogP contribution in [0.5, 0.6) is 0 Å². The molecule has 21 heavy (non-hydrogen) atoms. The topological polar surface area (TPSA) is 69.6 Å². The van der Waals surface area contributed by atoms with Crippen molar-refractivity contribution in [3.63, 3.8) is 0 Å². The van der Waals surface area contributed by atoms with E-state index in [9.17, 15) is 9.59 Å². The first-order chi connectivity index (χ1) is 10.0. The van der Waals surface area contributed by atoms with Crippen LogP contribution in [-0.4, -0.2) is 46.5 Å². The van der Waals surface area contributed by atoms with Gasteiger partial charge in [0.2, 0.25) is 5.91 Å². The van der Waals surface area contributed by atoms with Gasteiger partial charge in [-0.2, -0.15) is 0 Å². The summed E-state index contributed by atoms with van der Waals surface area (Å²) in [6, 6.07) is 7.75. The molecular weight excluding hydrogens is 288 g/mol. The summed E-state index contributed by atoms with van der Waals surface area (Å²) in [7, 11) is 0. The third-order valence-corrected chi connectivity index (χ3v) is 3.89. The Morgan fingerprint density at radius 2 is 1.95 bits per heavy atom. The van der Waals surface area contributed by atoms with Crippen LogP contribution in [0.2, 0.25) is 0 Å². The van der Waals surface area contributed by atoms with E-state index < -0.39 is 5.97 Å². The number of carbonyl (C=O) groups excluding carboxylic acids is 1. The molecule has 0 aliphatic heterocycles. The molecular formula is C15H22N2O3S. The molecule has 0 saturated carbocycles. The summed E-state index contributed by atoms with van der Waals surface area (Å²) in [4.78, 5) is 24.4. The number of carbonyl (C=O) groups is 2. The van der Waals surface area contributed by atoms with Crippen LogP contribution < -0.4 is 5.32 Å². The Morgan fingerprint density at radius 1 is 1.24 bits per heavy atom. The van der Waals surface area contributed by atoms with Gasteiger partial charge < -0.3 is 10.4 Å². The van der Waals surface area contributed by atoms with Crippen molar-refractivity contribution in [2.45, 2.75) is 20.4 Å². The number of hydrogen-bond acceptors (Lipinski definition) is 4. The molecule has 6 heteroatoms. The SMILES string of the molecule is CCN(CC)Cc1cccc(NC(=O)CSCC(=O)O)c1. The predicted octanol–water partition coefficient (Wildman–Crippen LogP) is 2.28. The quantitative estimate of drug-likeness (QED) is 0.732. The van der Waals surface area contributed by atoms with E-state index in [4.69, 9.17) is 5.11 Å². The van der Waals surface area contributed by atoms with Crippen LogP contribution in [0.15, 0.2) is 24.3 Å². The molecule has 0 aliphatic rings. The van der Waals surface area contributed by atoms with E-state index in [1.165, 1.54) is 0 Å². The summed E-state index contributed by atoms with van der Waals surface area (Å²) in [6.07, 6.45) is 0. The van der Waals surface area contributed by atoms with Gasteiger partial charge in [-0.05, 0) is 30.8 Å². The van der Waals surface area contributed by atoms with Gasteiger partial charge in [-0.15, -0.1) is 11.8 Å². The lowest BCUT2D eigenvalue weighted by Crippen LogP contribution is -2.22. The first-order valence-corrected chi connectivity index (χ1v) is 8.11. The van der Waals surface area contributed by atoms with Gasteiger partial charge in [0.15, 0.2) is 0 Å². The third-order valence-electron chi connectivity index (χ3n) is 2.97. The average Bonchev–Trinajstić information content (AvgIpc) is 2.44. The molecule has 0 aromatic heterocycles. The fourth-order valence-electron chi connectivity index (χ4n) is 1.88. The molecule has 0 unspecified atom stereocenters. The minimum atomic E-state index is -0.908. The van der Waals surface area contributed by atoms with Gasteiger partial charge in [0, 0.05) is 12.2 Å². The largest absolute Gasteiger partial charge is 0.481 e. The van der Waals surface area contributed by atoms with Gasteiger partial charge in [-0.25, -0.2) is 0 Å². The van der Waals surface area contributed by atoms with Crippen LogP contribution in [0.3, 0.4) is 0 Å². The third kappa shape index (κ3) is 7.15. The summed E-state index contributed by atoms with van der Waals surface area (Å²) in [5.74, 6) is -1.00. The van der Waals surface area contributed by atoms with E-state index in [1.54, 1.807) is 0 Å². The second kappa shape index (κ2) is 9.41. The molecule has 1 aromatic rings. The number of anilines is 1. The summed E-state index contributed by atoms with van der Waals surface area (Å²) >= 11 is 1.09. The zero-order chi connectivity index (χ0) is 15.7. The van der Waals surface area contributed by atoms with Crippen molar-refractivity contribution >= 4 is 29.3 Å². The van der Waals surface area contributed by atoms with Crippen LogP contribution in [0.25, 0.3) is 0 Å². The normalized spacial score (nSPS) is 10.6. The second-order valence-corrected chi connectivity index (χ2v) is 5.58. The van der Waals surface area contributed by atoms with E-state index >= 15 is 0 Å². The highest BCUT2D eigenvalue weighted by Crippen LogP contribution is 2.13. The monoisotopic (exact) mass is 310 g/mol. The lowest BCUT2D eigenvalue weighted by Gasteiger charge is -2.18. The van der Waals surface area contributed by atoms with Gasteiger partial charge in [-0.1, -0.05) is 26.0 Å². The minimum Gasteiger partial charge on any atom is -0.481 e. The number of aliphatic carboxylic acids is 1. The van der Waals surface area contributed by atoms with E-state index in [1.807, 2.05) is 24.3 Å². The smallest absolute Gasteiger partial charge is 0.313 e. The number of hydrogen-bond donors (Lipinski definition) is 2. The maximum Gasteiger partial charge on any atom is 0.313 e. The molecule has 0 saturated heterocycles. The zero-order valence-electron chi connectivity index (χ0n) is 12.5. The minimum absolute atomic E-state index is 0.0601. The van der Waals surface area contributed by atoms with Gasteiger partial charge in [0.25, 0.3) is 0 Å². The molecule has 0 bridgehead atoms. The summed E-state index contributed by atoms with van der Waals surface area (Å²) < 4.78 is 0. The molecule has 0 spiro atoms. The molecule has 0 atom stereocenters. The number of benzene rings is 1. The van der Waals surface area contributed by atoms with Crippen molar-refractivity contribution < 1.29 is 14.7 Å². The lowest BCUT2D eigenvalue weighted by molar-refractivity contribution is -0.133. The Hall–Kier alpha value is -1.53. The first kappa shape index (κ1) is 17.5. The Morgan fingerprint density at radius 3 is 2.57 bits per heavy atom. The molecule has 116 valence electrons. The predicted molar refractivity (Wildman–Crippen MR) is 86.7 cm³/mol. The summed E-state index contributed by atoms with van der Waals surface area (Å²) in [6.45, 7) is 7.06. The highest BCUT2D eigenvalue weighted by molar-refractivity contribution is 8.00. The van der Waals surface area contributed by atoms with E-state index in [-0.39, 0.29) is 17.4 Å². The molecule has 0 heterocycles. The number of rotatable bonds is 9. The average molecular weight is 310 g/mol. The van der Waals surface area contributed by atoms with E-state index in [2.05, 4.69) is 24.1 Å². The Bertz CT molecular complexity index is 476. The van der Waals surface area contributed by atoms with Gasteiger partial charge in [0.05, 0.1) is 11.5 Å². The molecule has 2 N–H and O–H groups in total. The number of nitrogens with one attached hydrogen (secondary N) is 1. The fraction of sp³-hybridized carbons (Fsp3) is 0.467. The molecule has 1 rings (SSSR count). The van der Waals surface area contributed by atoms with E-state index in [0.717, 1.165) is 42.6 Å². The number of carboxylic acid groups (broad SMARTS) is 1. The maximum absolute atomic E-state index is 11.7. The molecule has 5 nitrogen and oxygen atoms in total. The van der Waals surface area contributed by atoms with Crippen LogP contribution in [0.4, 0.5) is 5.69 Å². The van der Waals surface area contributed by atoms with Gasteiger partial charge in [0.1, 0.15) is 0 Å². The number of thioether (sulfide) groups is 1. The lowest BCUT2D eigenvalue weighted by atomic mass is 10.2. The summed E-state index contributed by atoms with van der Waals surface area (Å²) in [5, 5.41) is 11.3. The van der Waals surface area contributed by atoms with Crippen molar-refractivity contribution in [1.82, 2.24) is 4.90 Å². The van der Waals surface area contributed by atoms with Crippen molar-refractivity contribution in [1.29, 1.82) is 0 Å². The molecule has 0 radical (unpaired) electrons. The summed E-state index contributed by atoms with van der Waals surface area (Å²) in [5.41, 5.74) is 1.90. The first-order valence-electron chi connectivity index (χ1n) is 6.95. The Kier molecular flexibility index (Phi) is 7.85. The zero-order valence-corrected chi connectivity index (χ0v) is 13.3. The Labute approximate surface area is 129 Å². The van der Waals surface area contributed by atoms with Gasteiger partial charge in [-0.3, -0.25) is 14.5 Å². The molecule has 0 aliphatic carbocycles. The van der Waals surface area contributed by atoms with Crippen molar-refractivity contribution in [3.05, 3.63) is 29.8 Å². The van der Waals surface area contributed by atoms with Crippen molar-refractivity contribution in [2.75, 3.05) is 29.9 Å². The highest BCUT2D eigenvalue weighted by atomic mass is 32.2. The van der Waals surface area contributed by atoms with Gasteiger partial charge >= 0.3 is 5.97 Å². The number of nitrogens with zero attached hydrogens (tertiary/aromatic N) is 1. The molecule has 0 fully saturated rings. The highest BCUT2D eigenvalue weighted by Gasteiger charge is 2.06. The Balaban J connectivity index is 2.51. The van der Waals surface area contributed by atoms with Crippen LogP contribution in [0, 0.1) is 0 Å². The van der Waals surface area contributed by atoms with Crippen LogP contribution in [-0.2, 0) is 16.1 Å². The standard InChI is InChI=1S/C15H22N2O3S/c1-3-17(4-2)9-12-6-5-7-13(8-12)16-14(18)10-21-11-15(19)20/h5-8H,3-4,9-11H2,1-2H3,(H,16,18)(H,19,20). The van der Waals surface area contributed by atoms with Crippen LogP contribution in [0.1, 0.15) is 19.4 Å². The molecule has 1 amide bonds. The number of amides is 1. The maximum atomic E-state index is 11.7. The second-order valence-electron chi connectivity index (χ2n) is 4.60. The van der Waals surface area contributed by atoms with Crippen molar-refractivity contribution in [2.24, 2.45) is 0 Å². The fourth-order valence-corrected chi connectivity index (χ4v) is 2.42. The number of carboxylic acids is 1. The molecule has 1 aromatic carbocycles. The van der Waals surface area contributed by atoms with Crippen LogP contribution >= 0.6 is 11.8 Å². The van der Waals surface area contributed by atoms with Crippen molar-refractivity contribution in [3.8, 4) is 0 Å². The van der Waals surface area contributed by atoms with E-state index in [0.29, 0.717) is 0 Å².